The highest BCUT2D eigenvalue weighted by Crippen LogP contribution is 2.65. The molecule has 0 spiro atoms. The molecular formula is C22H31N. The van der Waals surface area contributed by atoms with Gasteiger partial charge >= 0.3 is 0 Å². The lowest BCUT2D eigenvalue weighted by Gasteiger charge is -2.57. The van der Waals surface area contributed by atoms with Gasteiger partial charge in [0.15, 0.2) is 0 Å². The smallest absolute Gasteiger partial charge is 0.0343 e. The van der Waals surface area contributed by atoms with E-state index in [4.69, 9.17) is 0 Å². The monoisotopic (exact) mass is 309 g/mol. The van der Waals surface area contributed by atoms with Gasteiger partial charge in [-0.3, -0.25) is 4.98 Å². The Morgan fingerprint density at radius 1 is 1.09 bits per heavy atom. The van der Waals surface area contributed by atoms with Gasteiger partial charge in [0.25, 0.3) is 0 Å². The zero-order valence-corrected chi connectivity index (χ0v) is 15.2. The van der Waals surface area contributed by atoms with Crippen molar-refractivity contribution < 1.29 is 0 Å². The molecule has 0 aromatic carbocycles. The van der Waals surface area contributed by atoms with Gasteiger partial charge in [0.1, 0.15) is 0 Å². The second kappa shape index (κ2) is 5.19. The summed E-state index contributed by atoms with van der Waals surface area (Å²) < 4.78 is 0. The molecule has 1 aromatic heterocycles. The molecule has 0 aliphatic heterocycles. The van der Waals surface area contributed by atoms with Gasteiger partial charge in [-0.15, -0.1) is 0 Å². The van der Waals surface area contributed by atoms with E-state index in [9.17, 15) is 0 Å². The van der Waals surface area contributed by atoms with Crippen molar-refractivity contribution in [3.8, 4) is 0 Å². The van der Waals surface area contributed by atoms with Crippen LogP contribution in [0.5, 0.6) is 0 Å². The Labute approximate surface area is 141 Å². The molecule has 0 radical (unpaired) electrons. The van der Waals surface area contributed by atoms with Crippen LogP contribution in [0.2, 0.25) is 0 Å². The fraction of sp³-hybridized carbons (Fsp3) is 0.682. The summed E-state index contributed by atoms with van der Waals surface area (Å²) in [6, 6.07) is 4.34. The van der Waals surface area contributed by atoms with E-state index >= 15 is 0 Å². The van der Waals surface area contributed by atoms with Crippen molar-refractivity contribution in [3.63, 3.8) is 0 Å². The molecule has 3 aliphatic rings. The lowest BCUT2D eigenvalue weighted by Crippen LogP contribution is -2.49. The van der Waals surface area contributed by atoms with E-state index in [2.05, 4.69) is 57.1 Å². The fourth-order valence-electron chi connectivity index (χ4n) is 6.33. The first kappa shape index (κ1) is 15.4. The highest BCUT2D eigenvalue weighted by Gasteiger charge is 2.55. The predicted octanol–water partition coefficient (Wildman–Crippen LogP) is 5.97. The number of allylic oxidation sites excluding steroid dienone is 2. The molecule has 1 heteroatoms. The van der Waals surface area contributed by atoms with Crippen molar-refractivity contribution in [2.24, 2.45) is 34.5 Å². The van der Waals surface area contributed by atoms with Crippen LogP contribution in [0, 0.1) is 34.5 Å². The SMILES string of the molecule is CC1CCC2C3CC=C(c4cccnc4)C3(C)CCC2C1(C)C. The zero-order valence-electron chi connectivity index (χ0n) is 15.2. The minimum Gasteiger partial charge on any atom is -0.264 e. The van der Waals surface area contributed by atoms with E-state index in [-0.39, 0.29) is 0 Å². The minimum absolute atomic E-state index is 0.376. The van der Waals surface area contributed by atoms with Crippen LogP contribution in [-0.4, -0.2) is 4.98 Å². The van der Waals surface area contributed by atoms with E-state index in [1.54, 1.807) is 5.57 Å². The van der Waals surface area contributed by atoms with Gasteiger partial charge in [-0.1, -0.05) is 39.8 Å². The second-order valence-corrected chi connectivity index (χ2v) is 9.23. The second-order valence-electron chi connectivity index (χ2n) is 9.23. The molecule has 0 saturated heterocycles. The molecule has 23 heavy (non-hydrogen) atoms. The third-order valence-electron chi connectivity index (χ3n) is 8.15. The van der Waals surface area contributed by atoms with E-state index in [0.717, 1.165) is 23.7 Å². The van der Waals surface area contributed by atoms with Gasteiger partial charge in [-0.2, -0.15) is 0 Å². The number of fused-ring (bicyclic) bond motifs is 3. The summed E-state index contributed by atoms with van der Waals surface area (Å²) >= 11 is 0. The van der Waals surface area contributed by atoms with Gasteiger partial charge in [-0.25, -0.2) is 0 Å². The largest absolute Gasteiger partial charge is 0.264 e. The van der Waals surface area contributed by atoms with Crippen LogP contribution in [-0.2, 0) is 0 Å². The molecule has 1 aromatic rings. The van der Waals surface area contributed by atoms with Gasteiger partial charge in [0, 0.05) is 12.4 Å². The average molecular weight is 309 g/mol. The van der Waals surface area contributed by atoms with Crippen molar-refractivity contribution >= 4 is 5.57 Å². The Bertz CT molecular complexity index is 614. The number of hydrogen-bond acceptors (Lipinski definition) is 1. The van der Waals surface area contributed by atoms with E-state index in [1.807, 2.05) is 6.20 Å². The molecule has 124 valence electrons. The maximum atomic E-state index is 4.37. The van der Waals surface area contributed by atoms with Gasteiger partial charge < -0.3 is 0 Å². The molecule has 5 atom stereocenters. The third kappa shape index (κ3) is 2.15. The minimum atomic E-state index is 0.376. The molecule has 3 aliphatic carbocycles. The van der Waals surface area contributed by atoms with Crippen molar-refractivity contribution in [3.05, 3.63) is 36.2 Å². The lowest BCUT2D eigenvalue weighted by molar-refractivity contribution is -0.0630. The number of aromatic nitrogens is 1. The first-order valence-corrected chi connectivity index (χ1v) is 9.55. The van der Waals surface area contributed by atoms with Crippen molar-refractivity contribution in [1.29, 1.82) is 0 Å². The first-order valence-electron chi connectivity index (χ1n) is 9.55. The van der Waals surface area contributed by atoms with Crippen LogP contribution < -0.4 is 0 Å². The summed E-state index contributed by atoms with van der Waals surface area (Å²) in [5, 5.41) is 0. The van der Waals surface area contributed by atoms with Crippen molar-refractivity contribution in [2.75, 3.05) is 0 Å². The lowest BCUT2D eigenvalue weighted by atomic mass is 9.47. The van der Waals surface area contributed by atoms with Crippen LogP contribution in [0.4, 0.5) is 0 Å². The Hall–Kier alpha value is -1.11. The standard InChI is InChI=1S/C22H31N/c1-15-7-8-17-19(21(15,2)3)11-12-22(4)18(9-10-20(17)22)16-6-5-13-23-14-16/h5-6,9,13-15,17,19-20H,7-8,10-12H2,1-4H3. The molecule has 0 N–H and O–H groups in total. The van der Waals surface area contributed by atoms with Crippen LogP contribution in [0.1, 0.15) is 65.4 Å². The van der Waals surface area contributed by atoms with Crippen molar-refractivity contribution in [1.82, 2.24) is 4.98 Å². The summed E-state index contributed by atoms with van der Waals surface area (Å²) in [7, 11) is 0. The Morgan fingerprint density at radius 3 is 2.65 bits per heavy atom. The Balaban J connectivity index is 1.66. The predicted molar refractivity (Wildman–Crippen MR) is 96.8 cm³/mol. The van der Waals surface area contributed by atoms with E-state index in [0.29, 0.717) is 10.8 Å². The van der Waals surface area contributed by atoms with Crippen LogP contribution >= 0.6 is 0 Å². The first-order chi connectivity index (χ1) is 10.9. The number of pyridine rings is 1. The summed E-state index contributed by atoms with van der Waals surface area (Å²) in [5.41, 5.74) is 3.84. The number of nitrogens with zero attached hydrogens (tertiary/aromatic N) is 1. The quantitative estimate of drug-likeness (QED) is 0.622. The molecule has 0 bridgehead atoms. The van der Waals surface area contributed by atoms with Crippen LogP contribution in [0.15, 0.2) is 30.6 Å². The molecule has 2 saturated carbocycles. The highest BCUT2D eigenvalue weighted by molar-refractivity contribution is 5.72. The van der Waals surface area contributed by atoms with Crippen molar-refractivity contribution in [2.45, 2.75) is 59.8 Å². The number of rotatable bonds is 1. The molecule has 0 amide bonds. The molecule has 2 fully saturated rings. The fourth-order valence-corrected chi connectivity index (χ4v) is 6.33. The normalized spacial score (nSPS) is 41.8. The summed E-state index contributed by atoms with van der Waals surface area (Å²) in [6.07, 6.45) is 13.4. The molecule has 1 heterocycles. The molecule has 4 rings (SSSR count). The molecule has 1 nitrogen and oxygen atoms in total. The Kier molecular flexibility index (Phi) is 3.48. The summed E-state index contributed by atoms with van der Waals surface area (Å²) in [4.78, 5) is 4.37. The average Bonchev–Trinajstić information content (AvgIpc) is 2.89. The van der Waals surface area contributed by atoms with Crippen LogP contribution in [0.25, 0.3) is 5.57 Å². The topological polar surface area (TPSA) is 12.9 Å². The maximum absolute atomic E-state index is 4.37. The number of hydrogen-bond donors (Lipinski definition) is 0. The maximum Gasteiger partial charge on any atom is 0.0343 e. The molecular weight excluding hydrogens is 278 g/mol. The summed E-state index contributed by atoms with van der Waals surface area (Å²) in [5.74, 6) is 3.57. The van der Waals surface area contributed by atoms with Gasteiger partial charge in [-0.05, 0) is 83.8 Å². The zero-order chi connectivity index (χ0) is 16.2. The Morgan fingerprint density at radius 2 is 1.91 bits per heavy atom. The van der Waals surface area contributed by atoms with Gasteiger partial charge in [0.05, 0.1) is 0 Å². The molecule has 5 unspecified atom stereocenters. The van der Waals surface area contributed by atoms with Gasteiger partial charge in [0.2, 0.25) is 0 Å². The third-order valence-corrected chi connectivity index (χ3v) is 8.15. The van der Waals surface area contributed by atoms with Crippen LogP contribution in [0.3, 0.4) is 0 Å². The van der Waals surface area contributed by atoms with E-state index in [1.165, 1.54) is 37.7 Å². The highest BCUT2D eigenvalue weighted by atomic mass is 14.6. The van der Waals surface area contributed by atoms with E-state index < -0.39 is 0 Å². The summed E-state index contributed by atoms with van der Waals surface area (Å²) in [6.45, 7) is 10.1.